The molecule has 1 aromatic heterocycles. The van der Waals surface area contributed by atoms with Crippen molar-refractivity contribution in [1.29, 1.82) is 5.41 Å². The van der Waals surface area contributed by atoms with Crippen LogP contribution in [0.1, 0.15) is 54.4 Å². The highest BCUT2D eigenvalue weighted by atomic mass is 19.1. The summed E-state index contributed by atoms with van der Waals surface area (Å²) in [6, 6.07) is 17.8. The topological polar surface area (TPSA) is 105 Å². The molecule has 2 aromatic carbocycles. The summed E-state index contributed by atoms with van der Waals surface area (Å²) in [6.45, 7) is 2.95. The van der Waals surface area contributed by atoms with E-state index < -0.39 is 0 Å². The number of rotatable bonds is 5. The number of carbonyl (C=O) groups is 1. The summed E-state index contributed by atoms with van der Waals surface area (Å²) in [5.41, 5.74) is 11.5. The number of nitrogens with one attached hydrogen (secondary N) is 1. The molecule has 1 saturated heterocycles. The van der Waals surface area contributed by atoms with Gasteiger partial charge in [0.05, 0.1) is 5.71 Å². The second-order valence-electron chi connectivity index (χ2n) is 10.1. The van der Waals surface area contributed by atoms with Crippen molar-refractivity contribution in [2.75, 3.05) is 13.1 Å². The fourth-order valence-electron chi connectivity index (χ4n) is 5.42. The van der Waals surface area contributed by atoms with Gasteiger partial charge in [-0.15, -0.1) is 0 Å². The Morgan fingerprint density at radius 3 is 2.56 bits per heavy atom. The second kappa shape index (κ2) is 11.6. The zero-order valence-corrected chi connectivity index (χ0v) is 21.9. The van der Waals surface area contributed by atoms with Gasteiger partial charge in [-0.2, -0.15) is 0 Å². The highest BCUT2D eigenvalue weighted by Crippen LogP contribution is 2.38. The average molecular weight is 526 g/mol. The van der Waals surface area contributed by atoms with Crippen LogP contribution in [0.15, 0.2) is 89.5 Å². The van der Waals surface area contributed by atoms with E-state index in [1.54, 1.807) is 25.4 Å². The Bertz CT molecular complexity index is 1410. The first-order valence-corrected chi connectivity index (χ1v) is 13.2. The average Bonchev–Trinajstić information content (AvgIpc) is 2.96. The molecular weight excluding hydrogens is 493 g/mol. The lowest BCUT2D eigenvalue weighted by Gasteiger charge is -2.32. The minimum absolute atomic E-state index is 0.0247. The van der Waals surface area contributed by atoms with Gasteiger partial charge in [0, 0.05) is 72.9 Å². The Labute approximate surface area is 227 Å². The predicted octanol–water partition coefficient (Wildman–Crippen LogP) is 5.69. The molecule has 1 saturated carbocycles. The van der Waals surface area contributed by atoms with Crippen LogP contribution >= 0.6 is 0 Å². The van der Waals surface area contributed by atoms with Crippen molar-refractivity contribution in [3.63, 3.8) is 0 Å². The highest BCUT2D eigenvalue weighted by molar-refractivity contribution is 6.25. The van der Waals surface area contributed by atoms with Crippen LogP contribution in [-0.4, -0.2) is 46.4 Å². The molecule has 5 rings (SSSR count). The molecule has 1 aliphatic carbocycles. The molecule has 2 aliphatic rings. The SMILES string of the molecule is C/C(N)=C1/C(=N)CC(c2ccc(F)cc2-c2cccnc2)C/C1=N\OC1CCN(C(=O)c2ccccc2)CC1. The molecule has 39 heavy (non-hydrogen) atoms. The van der Waals surface area contributed by atoms with E-state index in [1.165, 1.54) is 12.1 Å². The Hall–Kier alpha value is -4.33. The highest BCUT2D eigenvalue weighted by Gasteiger charge is 2.32. The van der Waals surface area contributed by atoms with Crippen molar-refractivity contribution in [1.82, 2.24) is 9.88 Å². The van der Waals surface area contributed by atoms with E-state index in [0.29, 0.717) is 67.0 Å². The summed E-state index contributed by atoms with van der Waals surface area (Å²) < 4.78 is 14.3. The number of aromatic nitrogens is 1. The Morgan fingerprint density at radius 1 is 1.10 bits per heavy atom. The predicted molar refractivity (Wildman–Crippen MR) is 150 cm³/mol. The number of carbonyl (C=O) groups excluding carboxylic acids is 1. The number of nitrogens with two attached hydrogens (primary N) is 1. The number of piperidine rings is 1. The molecule has 1 atom stereocenters. The minimum Gasteiger partial charge on any atom is -0.402 e. The first-order valence-electron chi connectivity index (χ1n) is 13.2. The summed E-state index contributed by atoms with van der Waals surface area (Å²) in [6.07, 6.45) is 5.57. The molecule has 1 unspecified atom stereocenters. The van der Waals surface area contributed by atoms with Gasteiger partial charge in [0.15, 0.2) is 0 Å². The third-order valence-corrected chi connectivity index (χ3v) is 7.36. The summed E-state index contributed by atoms with van der Waals surface area (Å²) >= 11 is 0. The van der Waals surface area contributed by atoms with Gasteiger partial charge in [0.1, 0.15) is 11.9 Å². The molecule has 3 aromatic rings. The van der Waals surface area contributed by atoms with E-state index in [1.807, 2.05) is 47.4 Å². The molecular formula is C31H32FN5O2. The number of benzene rings is 2. The summed E-state index contributed by atoms with van der Waals surface area (Å²) in [4.78, 5) is 24.8. The molecule has 0 spiro atoms. The quantitative estimate of drug-likeness (QED) is 0.417. The Kier molecular flexibility index (Phi) is 7.81. The van der Waals surface area contributed by atoms with Crippen molar-refractivity contribution in [2.24, 2.45) is 10.9 Å². The zero-order valence-electron chi connectivity index (χ0n) is 21.9. The molecule has 1 amide bonds. The number of hydrogen-bond donors (Lipinski definition) is 2. The van der Waals surface area contributed by atoms with Crippen LogP contribution in [0.25, 0.3) is 11.1 Å². The number of pyridine rings is 1. The summed E-state index contributed by atoms with van der Waals surface area (Å²) in [5.74, 6) is -0.392. The molecule has 0 radical (unpaired) electrons. The van der Waals surface area contributed by atoms with E-state index in [-0.39, 0.29) is 23.7 Å². The van der Waals surface area contributed by atoms with Crippen LogP contribution in [0.3, 0.4) is 0 Å². The van der Waals surface area contributed by atoms with E-state index in [0.717, 1.165) is 16.7 Å². The maximum absolute atomic E-state index is 14.3. The standard InChI is InChI=1S/C31H32FN5O2/c1-20(33)30-28(34)16-23(26-10-9-24(32)18-27(26)22-8-5-13-35-19-22)17-29(30)36-39-25-11-14-37(15-12-25)31(38)21-6-3-2-4-7-21/h2-10,13,18-19,23,25,34H,11-12,14-17,33H2,1H3/b30-20+,34-28?,36-29+. The minimum atomic E-state index is -0.323. The molecule has 8 heteroatoms. The summed E-state index contributed by atoms with van der Waals surface area (Å²) in [5, 5.41) is 13.3. The molecule has 7 nitrogen and oxygen atoms in total. The van der Waals surface area contributed by atoms with Crippen molar-refractivity contribution in [3.8, 4) is 11.1 Å². The molecule has 3 N–H and O–H groups in total. The van der Waals surface area contributed by atoms with E-state index in [9.17, 15) is 9.18 Å². The molecule has 1 aliphatic heterocycles. The number of nitrogens with zero attached hydrogens (tertiary/aromatic N) is 3. The van der Waals surface area contributed by atoms with E-state index in [2.05, 4.69) is 10.1 Å². The third-order valence-electron chi connectivity index (χ3n) is 7.36. The van der Waals surface area contributed by atoms with Gasteiger partial charge in [0.2, 0.25) is 0 Å². The first kappa shape index (κ1) is 26.3. The monoisotopic (exact) mass is 525 g/mol. The lowest BCUT2D eigenvalue weighted by atomic mass is 9.76. The van der Waals surface area contributed by atoms with Gasteiger partial charge >= 0.3 is 0 Å². The number of amides is 1. The fourth-order valence-corrected chi connectivity index (χ4v) is 5.42. The van der Waals surface area contributed by atoms with E-state index >= 15 is 0 Å². The van der Waals surface area contributed by atoms with Gasteiger partial charge in [-0.25, -0.2) is 4.39 Å². The molecule has 2 heterocycles. The fraction of sp³-hybridized carbons (Fsp3) is 0.290. The van der Waals surface area contributed by atoms with Gasteiger partial charge < -0.3 is 20.9 Å². The lowest BCUT2D eigenvalue weighted by molar-refractivity contribution is 0.0113. The normalized spacial score (nSPS) is 20.7. The zero-order chi connectivity index (χ0) is 27.4. The van der Waals surface area contributed by atoms with Crippen LogP contribution in [0.5, 0.6) is 0 Å². The van der Waals surface area contributed by atoms with Crippen molar-refractivity contribution in [2.45, 2.75) is 44.6 Å². The van der Waals surface area contributed by atoms with Gasteiger partial charge in [0.25, 0.3) is 5.91 Å². The largest absolute Gasteiger partial charge is 0.402 e. The van der Waals surface area contributed by atoms with Crippen LogP contribution in [0.2, 0.25) is 0 Å². The number of hydrogen-bond acceptors (Lipinski definition) is 6. The van der Waals surface area contributed by atoms with Crippen LogP contribution in [-0.2, 0) is 4.84 Å². The number of oxime groups is 1. The maximum atomic E-state index is 14.3. The smallest absolute Gasteiger partial charge is 0.253 e. The maximum Gasteiger partial charge on any atom is 0.253 e. The Balaban J connectivity index is 1.33. The second-order valence-corrected chi connectivity index (χ2v) is 10.1. The van der Waals surface area contributed by atoms with Crippen LogP contribution < -0.4 is 5.73 Å². The van der Waals surface area contributed by atoms with Crippen LogP contribution in [0.4, 0.5) is 4.39 Å². The molecule has 2 fully saturated rings. The molecule has 0 bridgehead atoms. The van der Waals surface area contributed by atoms with E-state index in [4.69, 9.17) is 16.0 Å². The first-order chi connectivity index (χ1) is 18.9. The van der Waals surface area contributed by atoms with Gasteiger partial charge in [-0.3, -0.25) is 9.78 Å². The lowest BCUT2D eigenvalue weighted by Crippen LogP contribution is -2.40. The van der Waals surface area contributed by atoms with Gasteiger partial charge in [-0.1, -0.05) is 35.5 Å². The third kappa shape index (κ3) is 5.90. The Morgan fingerprint density at radius 2 is 1.87 bits per heavy atom. The van der Waals surface area contributed by atoms with Gasteiger partial charge in [-0.05, 0) is 60.7 Å². The van der Waals surface area contributed by atoms with Crippen molar-refractivity contribution < 1.29 is 14.0 Å². The summed E-state index contributed by atoms with van der Waals surface area (Å²) in [7, 11) is 0. The number of likely N-dealkylation sites (tertiary alicyclic amines) is 1. The number of allylic oxidation sites excluding steroid dienone is 2. The van der Waals surface area contributed by atoms with Crippen molar-refractivity contribution in [3.05, 3.63) is 101 Å². The molecule has 200 valence electrons. The number of halogens is 1. The van der Waals surface area contributed by atoms with Crippen LogP contribution in [0, 0.1) is 11.2 Å². The van der Waals surface area contributed by atoms with Crippen molar-refractivity contribution >= 4 is 17.3 Å².